The summed E-state index contributed by atoms with van der Waals surface area (Å²) in [5.74, 6) is -0.443. The molecule has 0 spiro atoms. The van der Waals surface area contributed by atoms with Crippen molar-refractivity contribution in [3.63, 3.8) is 0 Å². The minimum atomic E-state index is -0.622. The Hall–Kier alpha value is 1.64. The van der Waals surface area contributed by atoms with E-state index in [1.54, 1.807) is 0 Å². The van der Waals surface area contributed by atoms with Crippen molar-refractivity contribution in [3.05, 3.63) is 14.4 Å². The van der Waals surface area contributed by atoms with Crippen LogP contribution >= 0.6 is 33.3 Å². The van der Waals surface area contributed by atoms with Gasteiger partial charge in [-0.05, 0) is 7.96 Å². The molecule has 0 N–H and O–H groups in total. The van der Waals surface area contributed by atoms with E-state index in [1.165, 1.54) is 0 Å². The zero-order valence-corrected chi connectivity index (χ0v) is 11.2. The van der Waals surface area contributed by atoms with E-state index >= 15 is 0 Å². The van der Waals surface area contributed by atoms with Gasteiger partial charge in [0.25, 0.3) is 0 Å². The SMILES string of the molecule is [CH2-]C(=O)OP(P)PP.[CH3-].[V+2]. The summed E-state index contributed by atoms with van der Waals surface area (Å²) >= 11 is 0. The van der Waals surface area contributed by atoms with E-state index in [1.807, 2.05) is 0 Å². The summed E-state index contributed by atoms with van der Waals surface area (Å²) in [6.45, 7) is 3.06. The standard InChI is InChI=1S/C2H7O2P4.CH3.V/c1-2(3)4-8(6)7-5;;/h7H,1,5-6H2;1H3;/q2*-1;+2. The Morgan fingerprint density at radius 3 is 2.20 bits per heavy atom. The van der Waals surface area contributed by atoms with E-state index in [0.29, 0.717) is 7.96 Å². The molecule has 0 saturated carbocycles. The number of carbonyl (C=O) groups is 1. The predicted octanol–water partition coefficient (Wildman–Crippen LogP) is 2.38. The van der Waals surface area contributed by atoms with E-state index in [4.69, 9.17) is 0 Å². The van der Waals surface area contributed by atoms with Gasteiger partial charge in [-0.2, -0.15) is 0 Å². The zero-order chi connectivity index (χ0) is 6.57. The second-order valence-corrected chi connectivity index (χ2v) is 9.39. The summed E-state index contributed by atoms with van der Waals surface area (Å²) in [5, 5.41) is 0. The van der Waals surface area contributed by atoms with Crippen LogP contribution in [-0.2, 0) is 27.9 Å². The van der Waals surface area contributed by atoms with Gasteiger partial charge in [0.05, 0.1) is 0 Å². The second-order valence-electron chi connectivity index (χ2n) is 0.918. The molecule has 4 atom stereocenters. The largest absolute Gasteiger partial charge is 2.00 e. The van der Waals surface area contributed by atoms with Crippen LogP contribution in [0.5, 0.6) is 0 Å². The first-order chi connectivity index (χ1) is 3.66. The fourth-order valence-electron chi connectivity index (χ4n) is 0.136. The third kappa shape index (κ3) is 12.3. The molecule has 10 heavy (non-hydrogen) atoms. The minimum Gasteiger partial charge on any atom is -0.461 e. The quantitative estimate of drug-likeness (QED) is 0.557. The van der Waals surface area contributed by atoms with Crippen LogP contribution in [0.25, 0.3) is 0 Å². The van der Waals surface area contributed by atoms with Crippen LogP contribution in [0, 0.1) is 14.4 Å². The number of hydrogen-bond donors (Lipinski definition) is 0. The average molecular weight is 253 g/mol. The smallest absolute Gasteiger partial charge is 0.461 e. The van der Waals surface area contributed by atoms with Crippen molar-refractivity contribution in [1.82, 2.24) is 0 Å². The van der Waals surface area contributed by atoms with E-state index < -0.39 is 13.5 Å². The third-order valence-corrected chi connectivity index (χ3v) is 8.65. The molecule has 0 aliphatic carbocycles. The summed E-state index contributed by atoms with van der Waals surface area (Å²) in [6, 6.07) is 0. The number of rotatable bonds is 2. The van der Waals surface area contributed by atoms with Crippen LogP contribution < -0.4 is 0 Å². The van der Waals surface area contributed by atoms with Gasteiger partial charge >= 0.3 is 18.6 Å². The average Bonchev–Trinajstić information content (AvgIpc) is 1.65. The fourth-order valence-corrected chi connectivity index (χ4v) is 1.70. The first kappa shape index (κ1) is 17.7. The molecule has 0 aliphatic heterocycles. The Labute approximate surface area is 81.6 Å². The molecule has 1 radical (unpaired) electrons. The van der Waals surface area contributed by atoms with Gasteiger partial charge < -0.3 is 12.0 Å². The topological polar surface area (TPSA) is 26.3 Å². The van der Waals surface area contributed by atoms with Gasteiger partial charge in [-0.3, -0.25) is 11.7 Å². The molecule has 0 aliphatic rings. The Bertz CT molecular complexity index is 90.6. The van der Waals surface area contributed by atoms with E-state index in [-0.39, 0.29) is 26.0 Å². The van der Waals surface area contributed by atoms with Crippen LogP contribution in [0.3, 0.4) is 0 Å². The van der Waals surface area contributed by atoms with Crippen LogP contribution in [0.4, 0.5) is 0 Å². The van der Waals surface area contributed by atoms with E-state index in [9.17, 15) is 4.79 Å². The molecule has 2 nitrogen and oxygen atoms in total. The van der Waals surface area contributed by atoms with Gasteiger partial charge in [-0.15, -0.1) is 8.93 Å². The Kier molecular flexibility index (Phi) is 18.8. The van der Waals surface area contributed by atoms with E-state index in [0.717, 1.165) is 0 Å². The summed E-state index contributed by atoms with van der Waals surface area (Å²) in [5.41, 5.74) is 0. The summed E-state index contributed by atoms with van der Waals surface area (Å²) in [6.07, 6.45) is 0. The Morgan fingerprint density at radius 2 is 2.10 bits per heavy atom. The van der Waals surface area contributed by atoms with Crippen molar-refractivity contribution < 1.29 is 27.9 Å². The van der Waals surface area contributed by atoms with Crippen molar-refractivity contribution >= 4 is 39.3 Å². The van der Waals surface area contributed by atoms with Crippen molar-refractivity contribution in [2.75, 3.05) is 0 Å². The Balaban J connectivity index is -0.000000245. The molecule has 0 heterocycles. The normalized spacial score (nSPS) is 11.4. The van der Waals surface area contributed by atoms with Gasteiger partial charge in [-0.25, -0.2) is 0 Å². The molecular weight excluding hydrogens is 243 g/mol. The molecule has 4 unspecified atom stereocenters. The van der Waals surface area contributed by atoms with Crippen molar-refractivity contribution in [2.24, 2.45) is 0 Å². The molecule has 0 amide bonds. The molecule has 0 saturated heterocycles. The molecule has 0 rings (SSSR count). The maximum atomic E-state index is 10.1. The summed E-state index contributed by atoms with van der Waals surface area (Å²) in [4.78, 5) is 10.1. The van der Waals surface area contributed by atoms with Gasteiger partial charge in [0.1, 0.15) is 7.53 Å². The summed E-state index contributed by atoms with van der Waals surface area (Å²) in [7, 11) is 4.93. The van der Waals surface area contributed by atoms with Crippen molar-refractivity contribution in [2.45, 2.75) is 0 Å². The van der Waals surface area contributed by atoms with Crippen LogP contribution in [0.1, 0.15) is 0 Å². The first-order valence-corrected chi connectivity index (χ1v) is 8.24. The number of hydrogen-bond acceptors (Lipinski definition) is 2. The minimum absolute atomic E-state index is 0. The summed E-state index contributed by atoms with van der Waals surface area (Å²) < 4.78 is 4.67. The maximum Gasteiger partial charge on any atom is 2.00 e. The van der Waals surface area contributed by atoms with Gasteiger partial charge in [0.2, 0.25) is 0 Å². The van der Waals surface area contributed by atoms with E-state index in [2.05, 4.69) is 29.3 Å². The fraction of sp³-hybridized carbons (Fsp3) is 0. The van der Waals surface area contributed by atoms with Crippen LogP contribution in [0.15, 0.2) is 0 Å². The van der Waals surface area contributed by atoms with Crippen molar-refractivity contribution in [1.29, 1.82) is 0 Å². The molecule has 0 aromatic heterocycles. The predicted molar refractivity (Wildman–Crippen MR) is 52.5 cm³/mol. The monoisotopic (exact) mass is 253 g/mol. The second kappa shape index (κ2) is 10.6. The molecule has 0 aromatic carbocycles. The van der Waals surface area contributed by atoms with Crippen LogP contribution in [0.2, 0.25) is 0 Å². The molecule has 0 aromatic rings. The van der Waals surface area contributed by atoms with Crippen LogP contribution in [-0.4, -0.2) is 5.97 Å². The molecule has 7 heteroatoms. The number of carbonyl (C=O) groups excluding carboxylic acids is 1. The van der Waals surface area contributed by atoms with Gasteiger partial charge in [0, 0.05) is 0 Å². The Morgan fingerprint density at radius 1 is 1.70 bits per heavy atom. The maximum absolute atomic E-state index is 10.1. The molecule has 0 fully saturated rings. The van der Waals surface area contributed by atoms with Gasteiger partial charge in [-0.1, -0.05) is 8.93 Å². The zero-order valence-electron chi connectivity index (χ0n) is 5.57. The molecule has 59 valence electrons. The third-order valence-electron chi connectivity index (χ3n) is 0.327. The molecular formula is C3H10O2P4V. The van der Waals surface area contributed by atoms with Gasteiger partial charge in [0.15, 0.2) is 5.97 Å². The van der Waals surface area contributed by atoms with Crippen molar-refractivity contribution in [3.8, 4) is 0 Å². The molecule has 0 bridgehead atoms. The first-order valence-electron chi connectivity index (χ1n) is 1.71.